The summed E-state index contributed by atoms with van der Waals surface area (Å²) in [4.78, 5) is 0. The van der Waals surface area contributed by atoms with Crippen LogP contribution in [0.3, 0.4) is 0 Å². The summed E-state index contributed by atoms with van der Waals surface area (Å²) in [6.45, 7) is 4.11. The van der Waals surface area contributed by atoms with Crippen molar-refractivity contribution in [3.63, 3.8) is 0 Å². The molecule has 0 amide bonds. The van der Waals surface area contributed by atoms with E-state index in [1.165, 1.54) is 11.1 Å². The minimum atomic E-state index is 0.736. The van der Waals surface area contributed by atoms with Crippen LogP contribution in [0.2, 0.25) is 0 Å². The zero-order valence-corrected chi connectivity index (χ0v) is 9.49. The lowest BCUT2D eigenvalue weighted by molar-refractivity contribution is 1.40. The molecular weight excluding hydrogens is 194 g/mol. The maximum atomic E-state index is 9.11. The summed E-state index contributed by atoms with van der Waals surface area (Å²) in [5.74, 6) is 0. The molecule has 2 rings (SSSR count). The highest BCUT2D eigenvalue weighted by Crippen LogP contribution is 2.27. The lowest BCUT2D eigenvalue weighted by atomic mass is 9.95. The summed E-state index contributed by atoms with van der Waals surface area (Å²) < 4.78 is 0. The van der Waals surface area contributed by atoms with Gasteiger partial charge in [-0.3, -0.25) is 0 Å². The van der Waals surface area contributed by atoms with Gasteiger partial charge in [0.15, 0.2) is 0 Å². The lowest BCUT2D eigenvalue weighted by Crippen LogP contribution is -1.88. The quantitative estimate of drug-likeness (QED) is 0.697. The third kappa shape index (κ3) is 1.83. The van der Waals surface area contributed by atoms with Crippen molar-refractivity contribution in [1.29, 1.82) is 5.26 Å². The molecule has 0 heterocycles. The molecule has 16 heavy (non-hydrogen) atoms. The van der Waals surface area contributed by atoms with Crippen molar-refractivity contribution >= 4 is 0 Å². The van der Waals surface area contributed by atoms with Gasteiger partial charge in [-0.05, 0) is 36.6 Å². The molecule has 0 atom stereocenters. The smallest absolute Gasteiger partial charge is 0.0998 e. The number of hydrogen-bond donors (Lipinski definition) is 0. The van der Waals surface area contributed by atoms with Crippen LogP contribution in [0, 0.1) is 25.2 Å². The first-order valence-corrected chi connectivity index (χ1v) is 5.29. The monoisotopic (exact) mass is 207 g/mol. The van der Waals surface area contributed by atoms with Crippen LogP contribution >= 0.6 is 0 Å². The summed E-state index contributed by atoms with van der Waals surface area (Å²) in [5, 5.41) is 9.11. The maximum absolute atomic E-state index is 9.11. The SMILES string of the molecule is Cc1ccc(C#N)c(-c2ccccc2C)c1. The molecule has 2 aromatic carbocycles. The van der Waals surface area contributed by atoms with Gasteiger partial charge in [0.25, 0.3) is 0 Å². The predicted octanol–water partition coefficient (Wildman–Crippen LogP) is 3.84. The maximum Gasteiger partial charge on any atom is 0.0998 e. The van der Waals surface area contributed by atoms with Gasteiger partial charge in [0.1, 0.15) is 0 Å². The fraction of sp³-hybridized carbons (Fsp3) is 0.133. The minimum absolute atomic E-state index is 0.736. The fourth-order valence-electron chi connectivity index (χ4n) is 1.85. The molecule has 0 fully saturated rings. The van der Waals surface area contributed by atoms with E-state index in [0.717, 1.165) is 16.7 Å². The second kappa shape index (κ2) is 4.20. The van der Waals surface area contributed by atoms with Gasteiger partial charge in [0.2, 0.25) is 0 Å². The third-order valence-electron chi connectivity index (χ3n) is 2.73. The van der Waals surface area contributed by atoms with Crippen molar-refractivity contribution < 1.29 is 0 Å². The van der Waals surface area contributed by atoms with Crippen LogP contribution in [0.25, 0.3) is 11.1 Å². The van der Waals surface area contributed by atoms with Crippen LogP contribution in [0.5, 0.6) is 0 Å². The van der Waals surface area contributed by atoms with Crippen molar-refractivity contribution in [1.82, 2.24) is 0 Å². The highest BCUT2D eigenvalue weighted by atomic mass is 14.2. The molecule has 0 saturated carbocycles. The van der Waals surface area contributed by atoms with Crippen LogP contribution in [0.1, 0.15) is 16.7 Å². The summed E-state index contributed by atoms with van der Waals surface area (Å²) in [5.41, 5.74) is 5.28. The number of nitriles is 1. The summed E-state index contributed by atoms with van der Waals surface area (Å²) in [6, 6.07) is 16.3. The van der Waals surface area contributed by atoms with Crippen molar-refractivity contribution in [2.24, 2.45) is 0 Å². The Morgan fingerprint density at radius 1 is 0.938 bits per heavy atom. The van der Waals surface area contributed by atoms with Crippen molar-refractivity contribution in [3.8, 4) is 17.2 Å². The predicted molar refractivity (Wildman–Crippen MR) is 66.1 cm³/mol. The molecule has 0 saturated heterocycles. The number of aryl methyl sites for hydroxylation is 2. The molecule has 0 N–H and O–H groups in total. The van der Waals surface area contributed by atoms with E-state index in [1.807, 2.05) is 31.2 Å². The Kier molecular flexibility index (Phi) is 2.74. The van der Waals surface area contributed by atoms with E-state index < -0.39 is 0 Å². The molecule has 0 aliphatic heterocycles. The zero-order chi connectivity index (χ0) is 11.5. The Labute approximate surface area is 96.0 Å². The highest BCUT2D eigenvalue weighted by Gasteiger charge is 2.06. The molecule has 78 valence electrons. The van der Waals surface area contributed by atoms with Crippen LogP contribution < -0.4 is 0 Å². The van der Waals surface area contributed by atoms with Crippen molar-refractivity contribution in [3.05, 3.63) is 59.2 Å². The second-order valence-electron chi connectivity index (χ2n) is 3.98. The van der Waals surface area contributed by atoms with Gasteiger partial charge in [0.05, 0.1) is 11.6 Å². The van der Waals surface area contributed by atoms with E-state index in [1.54, 1.807) is 0 Å². The summed E-state index contributed by atoms with van der Waals surface area (Å²) >= 11 is 0. The molecule has 1 heteroatoms. The average molecular weight is 207 g/mol. The molecular formula is C15H13N. The van der Waals surface area contributed by atoms with Crippen LogP contribution in [0.15, 0.2) is 42.5 Å². The van der Waals surface area contributed by atoms with Gasteiger partial charge in [-0.25, -0.2) is 0 Å². The fourth-order valence-corrected chi connectivity index (χ4v) is 1.85. The highest BCUT2D eigenvalue weighted by molar-refractivity contribution is 5.73. The van der Waals surface area contributed by atoms with Gasteiger partial charge in [-0.1, -0.05) is 42.0 Å². The van der Waals surface area contributed by atoms with Crippen LogP contribution in [0.4, 0.5) is 0 Å². The summed E-state index contributed by atoms with van der Waals surface area (Å²) in [6.07, 6.45) is 0. The molecule has 0 aromatic heterocycles. The normalized spacial score (nSPS) is 9.81. The zero-order valence-electron chi connectivity index (χ0n) is 9.49. The number of rotatable bonds is 1. The first kappa shape index (κ1) is 10.4. The van der Waals surface area contributed by atoms with Gasteiger partial charge < -0.3 is 0 Å². The second-order valence-corrected chi connectivity index (χ2v) is 3.98. The molecule has 0 aliphatic rings. The lowest BCUT2D eigenvalue weighted by Gasteiger charge is -2.08. The Bertz CT molecular complexity index is 562. The molecule has 1 nitrogen and oxygen atoms in total. The third-order valence-corrected chi connectivity index (χ3v) is 2.73. The van der Waals surface area contributed by atoms with E-state index in [4.69, 9.17) is 5.26 Å². The van der Waals surface area contributed by atoms with E-state index in [9.17, 15) is 0 Å². The van der Waals surface area contributed by atoms with E-state index >= 15 is 0 Å². The van der Waals surface area contributed by atoms with Gasteiger partial charge in [-0.15, -0.1) is 0 Å². The Balaban J connectivity index is 2.69. The first-order chi connectivity index (χ1) is 7.72. The topological polar surface area (TPSA) is 23.8 Å². The number of nitrogens with zero attached hydrogens (tertiary/aromatic N) is 1. The van der Waals surface area contributed by atoms with Gasteiger partial charge in [0, 0.05) is 0 Å². The molecule has 0 aliphatic carbocycles. The van der Waals surface area contributed by atoms with Gasteiger partial charge >= 0.3 is 0 Å². The van der Waals surface area contributed by atoms with Crippen molar-refractivity contribution in [2.75, 3.05) is 0 Å². The van der Waals surface area contributed by atoms with E-state index in [0.29, 0.717) is 0 Å². The van der Waals surface area contributed by atoms with E-state index in [2.05, 4.69) is 31.2 Å². The average Bonchev–Trinajstić information content (AvgIpc) is 2.29. The van der Waals surface area contributed by atoms with Crippen LogP contribution in [-0.2, 0) is 0 Å². The van der Waals surface area contributed by atoms with E-state index in [-0.39, 0.29) is 0 Å². The van der Waals surface area contributed by atoms with Gasteiger partial charge in [-0.2, -0.15) is 5.26 Å². The molecule has 0 unspecified atom stereocenters. The standard InChI is InChI=1S/C15H13N/c1-11-7-8-13(10-16)15(9-11)14-6-4-3-5-12(14)2/h3-9H,1-2H3. The Morgan fingerprint density at radius 3 is 2.38 bits per heavy atom. The molecule has 2 aromatic rings. The molecule has 0 radical (unpaired) electrons. The van der Waals surface area contributed by atoms with Crippen LogP contribution in [-0.4, -0.2) is 0 Å². The number of hydrogen-bond acceptors (Lipinski definition) is 1. The Morgan fingerprint density at radius 2 is 1.69 bits per heavy atom. The molecule has 0 bridgehead atoms. The molecule has 0 spiro atoms. The first-order valence-electron chi connectivity index (χ1n) is 5.29. The largest absolute Gasteiger partial charge is 0.192 e. The van der Waals surface area contributed by atoms with Crippen molar-refractivity contribution in [2.45, 2.75) is 13.8 Å². The Hall–Kier alpha value is -2.07. The summed E-state index contributed by atoms with van der Waals surface area (Å²) in [7, 11) is 0. The minimum Gasteiger partial charge on any atom is -0.192 e. The number of benzene rings is 2.